The minimum absolute atomic E-state index is 0.0478. The second-order valence-electron chi connectivity index (χ2n) is 5.41. The highest BCUT2D eigenvalue weighted by Gasteiger charge is 2.21. The fraction of sp³-hybridized carbons (Fsp3) is 0.375. The number of benzene rings is 1. The highest BCUT2D eigenvalue weighted by molar-refractivity contribution is 7.94. The summed E-state index contributed by atoms with van der Waals surface area (Å²) in [6, 6.07) is 10.7. The molecule has 0 bridgehead atoms. The highest BCUT2D eigenvalue weighted by atomic mass is 32.2. The van der Waals surface area contributed by atoms with E-state index in [-0.39, 0.29) is 6.10 Å². The summed E-state index contributed by atoms with van der Waals surface area (Å²) >= 11 is 1.20. The lowest BCUT2D eigenvalue weighted by Crippen LogP contribution is -2.38. The highest BCUT2D eigenvalue weighted by Crippen LogP contribution is 2.25. The van der Waals surface area contributed by atoms with Gasteiger partial charge in [-0.3, -0.25) is 9.62 Å². The van der Waals surface area contributed by atoms with Gasteiger partial charge in [0.25, 0.3) is 10.0 Å². The quantitative estimate of drug-likeness (QED) is 0.899. The van der Waals surface area contributed by atoms with Gasteiger partial charge in [-0.1, -0.05) is 25.1 Å². The van der Waals surface area contributed by atoms with Gasteiger partial charge >= 0.3 is 0 Å². The van der Waals surface area contributed by atoms with Crippen LogP contribution in [0.3, 0.4) is 0 Å². The van der Waals surface area contributed by atoms with Crippen LogP contribution in [0.5, 0.6) is 0 Å². The average Bonchev–Trinajstić information content (AvgIpc) is 3.11. The standard InChI is InChI=1S/C16H20N2O3S2/c1-2-18-9-10-21-15(12-18)13-5-7-14(8-6-13)17-23(19,20)16-4-3-11-22-16/h3-8,11,15,17H,2,9-10,12H2,1H3. The number of sulfonamides is 1. The summed E-state index contributed by atoms with van der Waals surface area (Å²) in [5.41, 5.74) is 1.63. The molecule has 1 aromatic heterocycles. The van der Waals surface area contributed by atoms with Gasteiger partial charge in [0.05, 0.1) is 12.7 Å². The molecule has 0 radical (unpaired) electrons. The van der Waals surface area contributed by atoms with E-state index in [4.69, 9.17) is 4.74 Å². The Kier molecular flexibility index (Phi) is 5.01. The maximum atomic E-state index is 12.2. The zero-order chi connectivity index (χ0) is 16.3. The van der Waals surface area contributed by atoms with Crippen molar-refractivity contribution in [3.05, 3.63) is 47.3 Å². The fourth-order valence-corrected chi connectivity index (χ4v) is 4.63. The molecule has 0 amide bonds. The molecule has 1 aromatic carbocycles. The van der Waals surface area contributed by atoms with Crippen molar-refractivity contribution in [3.63, 3.8) is 0 Å². The molecule has 0 spiro atoms. The van der Waals surface area contributed by atoms with E-state index in [9.17, 15) is 8.42 Å². The summed E-state index contributed by atoms with van der Waals surface area (Å²) in [6.07, 6.45) is 0.0478. The maximum Gasteiger partial charge on any atom is 0.271 e. The number of thiophene rings is 1. The normalized spacial score (nSPS) is 19.6. The first-order valence-corrected chi connectivity index (χ1v) is 9.95. The Labute approximate surface area is 140 Å². The van der Waals surface area contributed by atoms with Crippen molar-refractivity contribution in [1.82, 2.24) is 4.90 Å². The molecule has 124 valence electrons. The van der Waals surface area contributed by atoms with Gasteiger partial charge in [0.2, 0.25) is 0 Å². The Morgan fingerprint density at radius 1 is 1.30 bits per heavy atom. The largest absolute Gasteiger partial charge is 0.371 e. The molecule has 1 unspecified atom stereocenters. The van der Waals surface area contributed by atoms with Gasteiger partial charge in [-0.2, -0.15) is 0 Å². The maximum absolute atomic E-state index is 12.2. The number of rotatable bonds is 5. The van der Waals surface area contributed by atoms with Crippen LogP contribution in [0.15, 0.2) is 46.0 Å². The number of morpholine rings is 1. The van der Waals surface area contributed by atoms with Crippen LogP contribution >= 0.6 is 11.3 Å². The van der Waals surface area contributed by atoms with Crippen LogP contribution in [0.2, 0.25) is 0 Å². The smallest absolute Gasteiger partial charge is 0.271 e. The van der Waals surface area contributed by atoms with E-state index in [0.717, 1.165) is 31.8 Å². The molecular weight excluding hydrogens is 332 g/mol. The molecular formula is C16H20N2O3S2. The molecule has 1 aliphatic rings. The lowest BCUT2D eigenvalue weighted by Gasteiger charge is -2.32. The molecule has 7 heteroatoms. The second kappa shape index (κ2) is 7.00. The zero-order valence-corrected chi connectivity index (χ0v) is 14.6. The zero-order valence-electron chi connectivity index (χ0n) is 12.9. The molecule has 1 fully saturated rings. The summed E-state index contributed by atoms with van der Waals surface area (Å²) in [4.78, 5) is 2.35. The first kappa shape index (κ1) is 16.4. The molecule has 1 saturated heterocycles. The first-order valence-electron chi connectivity index (χ1n) is 7.59. The summed E-state index contributed by atoms with van der Waals surface area (Å²) in [7, 11) is -3.49. The third kappa shape index (κ3) is 3.92. The molecule has 2 heterocycles. The van der Waals surface area contributed by atoms with Gasteiger partial charge in [-0.15, -0.1) is 11.3 Å². The number of likely N-dealkylation sites (N-methyl/N-ethyl adjacent to an activating group) is 1. The van der Waals surface area contributed by atoms with E-state index in [1.807, 2.05) is 12.1 Å². The van der Waals surface area contributed by atoms with Crippen molar-refractivity contribution in [2.45, 2.75) is 17.2 Å². The van der Waals surface area contributed by atoms with Crippen molar-refractivity contribution < 1.29 is 13.2 Å². The topological polar surface area (TPSA) is 58.6 Å². The first-order chi connectivity index (χ1) is 11.1. The van der Waals surface area contributed by atoms with E-state index >= 15 is 0 Å². The number of ether oxygens (including phenoxy) is 1. The number of hydrogen-bond acceptors (Lipinski definition) is 5. The van der Waals surface area contributed by atoms with E-state index in [0.29, 0.717) is 9.90 Å². The van der Waals surface area contributed by atoms with Crippen LogP contribution in [0.1, 0.15) is 18.6 Å². The summed E-state index contributed by atoms with van der Waals surface area (Å²) in [5, 5.41) is 1.75. The Bertz CT molecular complexity index is 727. The number of anilines is 1. The molecule has 0 saturated carbocycles. The van der Waals surface area contributed by atoms with Crippen molar-refractivity contribution in [3.8, 4) is 0 Å². The van der Waals surface area contributed by atoms with Crippen LogP contribution in [0.25, 0.3) is 0 Å². The van der Waals surface area contributed by atoms with E-state index in [1.165, 1.54) is 11.3 Å². The predicted octanol–water partition coefficient (Wildman–Crippen LogP) is 2.94. The van der Waals surface area contributed by atoms with E-state index in [1.54, 1.807) is 29.6 Å². The fourth-order valence-electron chi connectivity index (χ4n) is 2.58. The third-order valence-corrected chi connectivity index (χ3v) is 6.67. The third-order valence-electron chi connectivity index (χ3n) is 3.89. The van der Waals surface area contributed by atoms with Crippen molar-refractivity contribution >= 4 is 27.0 Å². The molecule has 23 heavy (non-hydrogen) atoms. The predicted molar refractivity (Wildman–Crippen MR) is 92.4 cm³/mol. The molecule has 5 nitrogen and oxygen atoms in total. The van der Waals surface area contributed by atoms with E-state index < -0.39 is 10.0 Å². The van der Waals surface area contributed by atoms with Crippen LogP contribution in [-0.4, -0.2) is 39.6 Å². The molecule has 0 aliphatic carbocycles. The van der Waals surface area contributed by atoms with Crippen molar-refractivity contribution in [2.75, 3.05) is 31.0 Å². The Balaban J connectivity index is 1.70. The second-order valence-corrected chi connectivity index (χ2v) is 8.27. The monoisotopic (exact) mass is 352 g/mol. The number of nitrogens with one attached hydrogen (secondary N) is 1. The van der Waals surface area contributed by atoms with Crippen molar-refractivity contribution in [2.24, 2.45) is 0 Å². The number of nitrogens with zero attached hydrogens (tertiary/aromatic N) is 1. The average molecular weight is 352 g/mol. The van der Waals surface area contributed by atoms with Gasteiger partial charge < -0.3 is 4.74 Å². The van der Waals surface area contributed by atoms with Gasteiger partial charge in [-0.25, -0.2) is 8.42 Å². The molecule has 1 N–H and O–H groups in total. The van der Waals surface area contributed by atoms with Crippen LogP contribution in [0.4, 0.5) is 5.69 Å². The summed E-state index contributed by atoms with van der Waals surface area (Å²) in [5.74, 6) is 0. The van der Waals surface area contributed by atoms with E-state index in [2.05, 4.69) is 16.5 Å². The van der Waals surface area contributed by atoms with Gasteiger partial charge in [-0.05, 0) is 35.7 Å². The van der Waals surface area contributed by atoms with Gasteiger partial charge in [0.15, 0.2) is 0 Å². The Morgan fingerprint density at radius 2 is 2.09 bits per heavy atom. The Morgan fingerprint density at radius 3 is 2.74 bits per heavy atom. The van der Waals surface area contributed by atoms with Crippen LogP contribution < -0.4 is 4.72 Å². The summed E-state index contributed by atoms with van der Waals surface area (Å²) in [6.45, 7) is 5.72. The molecule has 1 aliphatic heterocycles. The molecule has 2 aromatic rings. The lowest BCUT2D eigenvalue weighted by molar-refractivity contribution is -0.0281. The Hall–Kier alpha value is -1.41. The summed E-state index contributed by atoms with van der Waals surface area (Å²) < 4.78 is 33.1. The van der Waals surface area contributed by atoms with Crippen LogP contribution in [0, 0.1) is 0 Å². The minimum atomic E-state index is -3.49. The van der Waals surface area contributed by atoms with Gasteiger partial charge in [0.1, 0.15) is 4.21 Å². The number of hydrogen-bond donors (Lipinski definition) is 1. The van der Waals surface area contributed by atoms with Gasteiger partial charge in [0, 0.05) is 18.8 Å². The molecule has 1 atom stereocenters. The lowest BCUT2D eigenvalue weighted by atomic mass is 10.1. The van der Waals surface area contributed by atoms with Crippen LogP contribution in [-0.2, 0) is 14.8 Å². The minimum Gasteiger partial charge on any atom is -0.371 e. The van der Waals surface area contributed by atoms with Crippen molar-refractivity contribution in [1.29, 1.82) is 0 Å². The SMILES string of the molecule is CCN1CCOC(c2ccc(NS(=O)(=O)c3cccs3)cc2)C1. The molecule has 3 rings (SSSR count).